The van der Waals surface area contributed by atoms with Crippen LogP contribution in [0.4, 0.5) is 53.3 Å². The van der Waals surface area contributed by atoms with Crippen LogP contribution in [0.1, 0.15) is 0 Å². The summed E-state index contributed by atoms with van der Waals surface area (Å²) in [6.45, 7) is -0.631. The molecule has 67 heavy (non-hydrogen) atoms. The molecule has 6 aromatic rings. The maximum absolute atomic E-state index is 14.9. The van der Waals surface area contributed by atoms with Crippen molar-refractivity contribution >= 4 is 93.8 Å². The number of aliphatic hydroxyl groups excluding tert-OH is 1. The van der Waals surface area contributed by atoms with Crippen molar-refractivity contribution < 1.29 is 56.4 Å². The minimum atomic E-state index is -4.69. The smallest absolute Gasteiger partial charge is 0.441 e. The van der Waals surface area contributed by atoms with E-state index in [1.54, 1.807) is 80.6 Å². The van der Waals surface area contributed by atoms with Crippen molar-refractivity contribution in [2.24, 2.45) is 14.1 Å². The standard InChI is InChI=1S/C18H19FN7O6P.C18H18FN7O3.Cl3OP/c1-24(17-21-22-23-25(17)2)16-6-3-11(8-20-16)14-5-4-12(7-15(14)19)26-9-13(32-18(26)27)10-31-33(28,29)30;1-24(17-21-22-23-25(17)2)16-6-3-11(8-20-16)14-5-4-12(7-15(14)19)26-9-13(10-27)29-18(26)28;1-5(2,3)4/h3-8,13H,9-10H2,1-2H3,(H2,28,29,30);3-8,13,27H,9-10H2,1-2H3;/t2*13-;/m11./s1. The van der Waals surface area contributed by atoms with Crippen LogP contribution < -0.4 is 19.6 Å². The quantitative estimate of drug-likeness (QED) is 0.120. The highest BCUT2D eigenvalue weighted by atomic mass is 36.0. The number of carbonyl (C=O) groups excluding carboxylic acids is 2. The molecule has 2 aromatic carbocycles. The van der Waals surface area contributed by atoms with Crippen molar-refractivity contribution in [2.45, 2.75) is 12.2 Å². The number of hydrogen-bond donors (Lipinski definition) is 3. The highest BCUT2D eigenvalue weighted by Crippen LogP contribution is 2.61. The number of phosphoric ester groups is 1. The Hall–Kier alpha value is -5.95. The van der Waals surface area contributed by atoms with Gasteiger partial charge in [0.2, 0.25) is 0 Å². The summed E-state index contributed by atoms with van der Waals surface area (Å²) in [6.07, 6.45) is 0.179. The van der Waals surface area contributed by atoms with Crippen molar-refractivity contribution in [3.63, 3.8) is 0 Å². The molecular weight excluding hydrogens is 995 g/mol. The average Bonchev–Trinajstić information content (AvgIpc) is 4.09. The molecule has 0 saturated carbocycles. The van der Waals surface area contributed by atoms with E-state index in [1.165, 1.54) is 44.7 Å². The zero-order valence-electron chi connectivity index (χ0n) is 35.2. The molecule has 0 aliphatic carbocycles. The van der Waals surface area contributed by atoms with Crippen LogP contribution in [0.5, 0.6) is 0 Å². The van der Waals surface area contributed by atoms with Crippen LogP contribution in [-0.4, -0.2) is 130 Å². The highest BCUT2D eigenvalue weighted by molar-refractivity contribution is 8.24. The van der Waals surface area contributed by atoms with Crippen LogP contribution >= 0.6 is 46.7 Å². The van der Waals surface area contributed by atoms with Crippen LogP contribution in [0.2, 0.25) is 0 Å². The molecule has 0 spiro atoms. The van der Waals surface area contributed by atoms with Crippen molar-refractivity contribution in [1.29, 1.82) is 0 Å². The van der Waals surface area contributed by atoms with Gasteiger partial charge in [0.25, 0.3) is 11.9 Å². The van der Waals surface area contributed by atoms with E-state index in [-0.39, 0.29) is 30.9 Å². The summed E-state index contributed by atoms with van der Waals surface area (Å²) >= 11 is 13.8. The molecule has 2 amide bonds. The van der Waals surface area contributed by atoms with Crippen LogP contribution in [0.25, 0.3) is 22.3 Å². The van der Waals surface area contributed by atoms with Gasteiger partial charge in [-0.05, 0) is 115 Å². The fraction of sp³-hybridized carbons (Fsp3) is 0.278. The molecule has 8 rings (SSSR count). The Morgan fingerprint density at radius 2 is 1.15 bits per heavy atom. The number of aromatic nitrogens is 10. The Morgan fingerprint density at radius 1 is 0.731 bits per heavy atom. The number of rotatable bonds is 12. The predicted octanol–water partition coefficient (Wildman–Crippen LogP) is 5.92. The van der Waals surface area contributed by atoms with Crippen molar-refractivity contribution in [3.05, 3.63) is 84.7 Å². The third kappa shape index (κ3) is 13.1. The number of benzene rings is 2. The zero-order chi connectivity index (χ0) is 48.8. The minimum absolute atomic E-state index is 0.0445. The number of phosphoric acid groups is 1. The number of tetrazole rings is 2. The Balaban J connectivity index is 0.000000202. The predicted molar refractivity (Wildman–Crippen MR) is 238 cm³/mol. The van der Waals surface area contributed by atoms with Crippen LogP contribution in [-0.2, 0) is 37.2 Å². The van der Waals surface area contributed by atoms with Gasteiger partial charge in [-0.25, -0.2) is 42.3 Å². The van der Waals surface area contributed by atoms with Crippen molar-refractivity contribution in [2.75, 3.05) is 60.0 Å². The largest absolute Gasteiger partial charge is 0.469 e. The number of aryl methyl sites for hydroxylation is 2. The van der Waals surface area contributed by atoms with Crippen molar-refractivity contribution in [1.82, 2.24) is 50.4 Å². The second kappa shape index (κ2) is 21.3. The monoisotopic (exact) mass is 1030 g/mol. The van der Waals surface area contributed by atoms with E-state index < -0.39 is 55.7 Å². The molecule has 356 valence electrons. The molecule has 0 unspecified atom stereocenters. The number of carbonyl (C=O) groups is 2. The Bertz CT molecular complexity index is 2800. The van der Waals surface area contributed by atoms with Crippen LogP contribution in [0.3, 0.4) is 0 Å². The SMILES string of the molecule is CN(c1ccc(-c2ccc(N3C[C@H](CO)OC3=O)cc2F)cn1)c1nnnn1C.CN(c1ccc(-c2ccc(N3C[C@H](COP(=O)(O)O)OC3=O)cc2F)cn1)c1nnnn1C.O=P(Cl)(Cl)Cl. The summed E-state index contributed by atoms with van der Waals surface area (Å²) in [5.41, 5.74) is 2.32. The maximum Gasteiger partial charge on any atom is 0.469 e. The van der Waals surface area contributed by atoms with Gasteiger partial charge >= 0.3 is 25.2 Å². The molecule has 6 heterocycles. The molecule has 2 saturated heterocycles. The van der Waals surface area contributed by atoms with E-state index in [4.69, 9.17) is 24.4 Å². The van der Waals surface area contributed by atoms with Crippen molar-refractivity contribution in [3.8, 4) is 22.3 Å². The molecular formula is C36H37Cl3F2N14O10P2. The van der Waals surface area contributed by atoms with Gasteiger partial charge in [0.15, 0.2) is 0 Å². The first kappa shape index (κ1) is 50.5. The Kier molecular flexibility index (Phi) is 16.1. The third-order valence-electron chi connectivity index (χ3n) is 9.51. The molecule has 2 aliphatic rings. The molecule has 2 fully saturated rings. The van der Waals surface area contributed by atoms with Gasteiger partial charge in [-0.3, -0.25) is 28.7 Å². The summed E-state index contributed by atoms with van der Waals surface area (Å²) in [6, 6.07) is 15.6. The second-order valence-corrected chi connectivity index (χ2v) is 21.9. The number of ether oxygens (including phenoxy) is 2. The number of nitrogens with zero attached hydrogens (tertiary/aromatic N) is 14. The van der Waals surface area contributed by atoms with Gasteiger partial charge in [0, 0.05) is 62.8 Å². The maximum atomic E-state index is 14.9. The molecule has 2 aliphatic heterocycles. The van der Waals surface area contributed by atoms with E-state index in [1.807, 2.05) is 0 Å². The third-order valence-corrected chi connectivity index (χ3v) is 10.00. The minimum Gasteiger partial charge on any atom is -0.441 e. The summed E-state index contributed by atoms with van der Waals surface area (Å²) in [5, 5.41) is 28.5. The lowest BCUT2D eigenvalue weighted by Gasteiger charge is -2.16. The normalized spacial score (nSPS) is 15.9. The number of cyclic esters (lactones) is 2. The van der Waals surface area contributed by atoms with Gasteiger partial charge < -0.3 is 24.4 Å². The molecule has 2 atom stereocenters. The van der Waals surface area contributed by atoms with Gasteiger partial charge in [-0.15, -0.1) is 0 Å². The van der Waals surface area contributed by atoms with E-state index in [0.29, 0.717) is 45.9 Å². The highest BCUT2D eigenvalue weighted by Gasteiger charge is 2.35. The number of anilines is 6. The second-order valence-electron chi connectivity index (χ2n) is 14.1. The van der Waals surface area contributed by atoms with Gasteiger partial charge in [-0.1, -0.05) is 10.2 Å². The summed E-state index contributed by atoms with van der Waals surface area (Å²) in [7, 11) is 2.24. The lowest BCUT2D eigenvalue weighted by atomic mass is 10.1. The first-order valence-electron chi connectivity index (χ1n) is 19.0. The number of aliphatic hydroxyl groups is 1. The van der Waals surface area contributed by atoms with E-state index in [0.717, 1.165) is 4.90 Å². The van der Waals surface area contributed by atoms with Crippen LogP contribution in [0, 0.1) is 11.6 Å². The lowest BCUT2D eigenvalue weighted by Crippen LogP contribution is -2.25. The average molecular weight is 1030 g/mol. The lowest BCUT2D eigenvalue weighted by molar-refractivity contribution is 0.0880. The van der Waals surface area contributed by atoms with Gasteiger partial charge in [0.05, 0.1) is 37.7 Å². The summed E-state index contributed by atoms with van der Waals surface area (Å²) < 4.78 is 67.3. The van der Waals surface area contributed by atoms with Crippen LogP contribution in [0.15, 0.2) is 73.1 Å². The number of halogens is 5. The number of pyridine rings is 2. The summed E-state index contributed by atoms with van der Waals surface area (Å²) in [5.74, 6) is 1.06. The molecule has 3 N–H and O–H groups in total. The van der Waals surface area contributed by atoms with Gasteiger partial charge in [-0.2, -0.15) is 0 Å². The summed E-state index contributed by atoms with van der Waals surface area (Å²) in [4.78, 5) is 56.1. The Labute approximate surface area is 392 Å². The topological polar surface area (TPSA) is 283 Å². The molecule has 4 aromatic heterocycles. The number of amides is 2. The van der Waals surface area contributed by atoms with Gasteiger partial charge in [0.1, 0.15) is 35.5 Å². The Morgan fingerprint density at radius 3 is 1.48 bits per heavy atom. The van der Waals surface area contributed by atoms with E-state index in [2.05, 4.69) is 79.3 Å². The fourth-order valence-corrected chi connectivity index (χ4v) is 6.71. The van der Waals surface area contributed by atoms with E-state index in [9.17, 15) is 27.5 Å². The zero-order valence-corrected chi connectivity index (χ0v) is 39.2. The first-order chi connectivity index (χ1) is 31.6. The molecule has 0 bridgehead atoms. The fourth-order valence-electron chi connectivity index (χ4n) is 6.35. The molecule has 24 nitrogen and oxygen atoms in total. The first-order valence-corrected chi connectivity index (χ1v) is 25.0. The van der Waals surface area contributed by atoms with E-state index >= 15 is 0 Å². The number of hydrogen-bond acceptors (Lipinski definition) is 18. The molecule has 31 heteroatoms. The molecule has 0 radical (unpaired) electrons.